The number of aliphatic carboxylic acids is 1. The third kappa shape index (κ3) is 10.8. The summed E-state index contributed by atoms with van der Waals surface area (Å²) in [6.07, 6.45) is -0.851. The molecule has 0 bridgehead atoms. The van der Waals surface area contributed by atoms with Crippen LogP contribution in [0, 0.1) is 5.92 Å². The van der Waals surface area contributed by atoms with Crippen molar-refractivity contribution < 1.29 is 43.3 Å². The van der Waals surface area contributed by atoms with Crippen molar-refractivity contribution in [1.29, 1.82) is 0 Å². The van der Waals surface area contributed by atoms with Gasteiger partial charge >= 0.3 is 5.97 Å². The summed E-state index contributed by atoms with van der Waals surface area (Å²) >= 11 is 0. The highest BCUT2D eigenvalue weighted by Gasteiger charge is 2.30. The predicted octanol–water partition coefficient (Wildman–Crippen LogP) is 3.77. The van der Waals surface area contributed by atoms with E-state index in [-0.39, 0.29) is 12.2 Å². The molecule has 2 amide bonds. The van der Waals surface area contributed by atoms with Crippen LogP contribution in [0.5, 0.6) is 17.2 Å². The molecule has 0 fully saturated rings. The number of hydrogen-bond donors (Lipinski definition) is 3. The fourth-order valence-electron chi connectivity index (χ4n) is 4.38. The molecule has 11 heteroatoms. The van der Waals surface area contributed by atoms with E-state index in [0.29, 0.717) is 35.0 Å². The summed E-state index contributed by atoms with van der Waals surface area (Å²) in [5.41, 5.74) is 1.87. The quantitative estimate of drug-likeness (QED) is 0.192. The summed E-state index contributed by atoms with van der Waals surface area (Å²) in [5.74, 6) is -2.42. The minimum absolute atomic E-state index is 0.178. The third-order valence-electron chi connectivity index (χ3n) is 6.84. The van der Waals surface area contributed by atoms with Gasteiger partial charge in [0.25, 0.3) is 0 Å². The predicted molar refractivity (Wildman–Crippen MR) is 165 cm³/mol. The average Bonchev–Trinajstić information content (AvgIpc) is 3.01. The fraction of sp³-hybridized carbons (Fsp3) is 0.324. The van der Waals surface area contributed by atoms with Gasteiger partial charge in [-0.15, -0.1) is 0 Å². The lowest BCUT2D eigenvalue weighted by molar-refractivity contribution is -0.141. The maximum absolute atomic E-state index is 13.2. The van der Waals surface area contributed by atoms with Gasteiger partial charge in [0.15, 0.2) is 11.6 Å². The fourth-order valence-corrected chi connectivity index (χ4v) is 4.38. The summed E-state index contributed by atoms with van der Waals surface area (Å²) in [5, 5.41) is 14.5. The van der Waals surface area contributed by atoms with E-state index in [2.05, 4.69) is 10.6 Å². The van der Waals surface area contributed by atoms with E-state index >= 15 is 0 Å². The lowest BCUT2D eigenvalue weighted by Crippen LogP contribution is -2.54. The number of carboxylic acid groups (broad SMARTS) is 1. The molecule has 3 aromatic rings. The molecule has 0 saturated heterocycles. The highest BCUT2D eigenvalue weighted by atomic mass is 16.5. The number of ketones is 2. The Hall–Kier alpha value is -5.19. The smallest absolute Gasteiger partial charge is 0.305 e. The van der Waals surface area contributed by atoms with Crippen molar-refractivity contribution in [1.82, 2.24) is 10.6 Å². The molecule has 3 N–H and O–H groups in total. The third-order valence-corrected chi connectivity index (χ3v) is 6.84. The van der Waals surface area contributed by atoms with Crippen LogP contribution in [0.3, 0.4) is 0 Å². The van der Waals surface area contributed by atoms with Gasteiger partial charge in [0.2, 0.25) is 11.8 Å². The van der Waals surface area contributed by atoms with E-state index in [4.69, 9.17) is 14.2 Å². The number of carbonyl (C=O) groups excluding carboxylic acids is 4. The van der Waals surface area contributed by atoms with E-state index in [0.717, 1.165) is 5.56 Å². The van der Waals surface area contributed by atoms with Crippen LogP contribution in [0.1, 0.15) is 48.7 Å². The highest BCUT2D eigenvalue weighted by molar-refractivity contribution is 5.96. The topological polar surface area (TPSA) is 157 Å². The van der Waals surface area contributed by atoms with Crippen molar-refractivity contribution in [3.8, 4) is 17.2 Å². The summed E-state index contributed by atoms with van der Waals surface area (Å²) in [6, 6.07) is 18.5. The SMILES string of the molecule is COc1ccc(C(C)=O)cc1CC(=O)N[C@H](C(=O)N[C@@H](CC(=O)O)C(=O)COc1ccc(OCc2ccccc2)cc1)C(C)C. The van der Waals surface area contributed by atoms with Crippen molar-refractivity contribution >= 4 is 29.4 Å². The average molecular weight is 619 g/mol. The van der Waals surface area contributed by atoms with Gasteiger partial charge in [-0.3, -0.25) is 24.0 Å². The number of nitrogens with one attached hydrogen (secondary N) is 2. The molecule has 45 heavy (non-hydrogen) atoms. The molecule has 2 atom stereocenters. The Bertz CT molecular complexity index is 1490. The zero-order valence-electron chi connectivity index (χ0n) is 25.7. The standard InChI is InChI=1S/C34H38N2O9/c1-21(2)33(36-31(39)17-25-16-24(22(3)37)10-15-30(25)43-4)34(42)35-28(18-32(40)41)29(38)20-45-27-13-11-26(12-14-27)44-19-23-8-6-5-7-9-23/h5-16,21,28,33H,17-20H2,1-4H3,(H,35,42)(H,36,39)(H,40,41)/t28-,33-/m0/s1. The lowest BCUT2D eigenvalue weighted by Gasteiger charge is -2.25. The Morgan fingerprint density at radius 2 is 1.49 bits per heavy atom. The number of hydrogen-bond acceptors (Lipinski definition) is 8. The van der Waals surface area contributed by atoms with E-state index in [1.807, 2.05) is 30.3 Å². The molecule has 0 saturated carbocycles. The minimum atomic E-state index is -1.39. The second-order valence-electron chi connectivity index (χ2n) is 10.7. The molecular weight excluding hydrogens is 580 g/mol. The van der Waals surface area contributed by atoms with Crippen molar-refractivity contribution in [3.63, 3.8) is 0 Å². The number of benzene rings is 3. The van der Waals surface area contributed by atoms with E-state index < -0.39 is 54.6 Å². The lowest BCUT2D eigenvalue weighted by atomic mass is 10.0. The summed E-state index contributed by atoms with van der Waals surface area (Å²) in [7, 11) is 1.44. The second kappa shape index (κ2) is 16.6. The van der Waals surface area contributed by atoms with Crippen LogP contribution in [-0.2, 0) is 32.2 Å². The molecule has 3 aromatic carbocycles. The molecule has 238 valence electrons. The molecule has 0 radical (unpaired) electrons. The Morgan fingerprint density at radius 3 is 2.07 bits per heavy atom. The number of Topliss-reactive ketones (excluding diaryl/α,β-unsaturated/α-hetero) is 2. The van der Waals surface area contributed by atoms with Crippen molar-refractivity contribution in [2.45, 2.75) is 52.3 Å². The van der Waals surface area contributed by atoms with Gasteiger partial charge in [-0.25, -0.2) is 0 Å². The van der Waals surface area contributed by atoms with Crippen LogP contribution in [0.4, 0.5) is 0 Å². The van der Waals surface area contributed by atoms with Gasteiger partial charge in [-0.05, 0) is 60.9 Å². The van der Waals surface area contributed by atoms with Crippen LogP contribution in [0.2, 0.25) is 0 Å². The first-order valence-electron chi connectivity index (χ1n) is 14.4. The number of ether oxygens (including phenoxy) is 3. The maximum Gasteiger partial charge on any atom is 0.305 e. The van der Waals surface area contributed by atoms with Gasteiger partial charge < -0.3 is 30.0 Å². The van der Waals surface area contributed by atoms with Crippen LogP contribution < -0.4 is 24.8 Å². The maximum atomic E-state index is 13.2. The Labute approximate surface area is 261 Å². The van der Waals surface area contributed by atoms with E-state index in [1.165, 1.54) is 14.0 Å². The van der Waals surface area contributed by atoms with Crippen molar-refractivity contribution in [2.24, 2.45) is 5.92 Å². The molecule has 0 heterocycles. The van der Waals surface area contributed by atoms with Gasteiger partial charge in [0, 0.05) is 11.1 Å². The Morgan fingerprint density at radius 1 is 0.844 bits per heavy atom. The summed E-state index contributed by atoms with van der Waals surface area (Å²) < 4.78 is 16.6. The van der Waals surface area contributed by atoms with Gasteiger partial charge in [-0.2, -0.15) is 0 Å². The summed E-state index contributed by atoms with van der Waals surface area (Å²) in [6.45, 7) is 4.70. The molecule has 11 nitrogen and oxygen atoms in total. The second-order valence-corrected chi connectivity index (χ2v) is 10.7. The molecule has 3 rings (SSSR count). The minimum Gasteiger partial charge on any atom is -0.496 e. The number of carboxylic acids is 1. The number of methoxy groups -OCH3 is 1. The Balaban J connectivity index is 1.60. The molecule has 0 aliphatic heterocycles. The monoisotopic (exact) mass is 618 g/mol. The van der Waals surface area contributed by atoms with Crippen LogP contribution >= 0.6 is 0 Å². The first-order chi connectivity index (χ1) is 21.5. The van der Waals surface area contributed by atoms with Gasteiger partial charge in [0.05, 0.1) is 20.0 Å². The largest absolute Gasteiger partial charge is 0.496 e. The first kappa shape index (κ1) is 34.3. The Kier molecular flexibility index (Phi) is 12.7. The molecule has 0 aliphatic rings. The van der Waals surface area contributed by atoms with Crippen molar-refractivity contribution in [3.05, 3.63) is 89.5 Å². The molecular formula is C34H38N2O9. The van der Waals surface area contributed by atoms with Crippen LogP contribution in [0.25, 0.3) is 0 Å². The molecule has 0 aliphatic carbocycles. The van der Waals surface area contributed by atoms with Gasteiger partial charge in [0.1, 0.15) is 42.5 Å². The highest BCUT2D eigenvalue weighted by Crippen LogP contribution is 2.22. The number of amides is 2. The van der Waals surface area contributed by atoms with Gasteiger partial charge in [-0.1, -0.05) is 44.2 Å². The molecule has 0 spiro atoms. The zero-order valence-corrected chi connectivity index (χ0v) is 25.7. The van der Waals surface area contributed by atoms with Crippen molar-refractivity contribution in [2.75, 3.05) is 13.7 Å². The number of rotatable bonds is 17. The van der Waals surface area contributed by atoms with E-state index in [9.17, 15) is 29.1 Å². The molecule has 0 unspecified atom stereocenters. The number of carbonyl (C=O) groups is 5. The van der Waals surface area contributed by atoms with Crippen LogP contribution in [-0.4, -0.2) is 60.3 Å². The molecule has 0 aromatic heterocycles. The zero-order chi connectivity index (χ0) is 32.9. The van der Waals surface area contributed by atoms with E-state index in [1.54, 1.807) is 56.3 Å². The normalized spacial score (nSPS) is 12.0. The van der Waals surface area contributed by atoms with Crippen LogP contribution in [0.15, 0.2) is 72.8 Å². The first-order valence-corrected chi connectivity index (χ1v) is 14.4. The summed E-state index contributed by atoms with van der Waals surface area (Å²) in [4.78, 5) is 62.5.